The molecule has 6 heteroatoms. The number of H-pyrrole nitrogens is 1. The van der Waals surface area contributed by atoms with Gasteiger partial charge in [-0.25, -0.2) is 4.98 Å². The van der Waals surface area contributed by atoms with Crippen molar-refractivity contribution in [3.05, 3.63) is 35.9 Å². The molecule has 6 nitrogen and oxygen atoms in total. The Morgan fingerprint density at radius 2 is 2.32 bits per heavy atom. The monoisotopic (exact) mass is 261 g/mol. The molecule has 19 heavy (non-hydrogen) atoms. The lowest BCUT2D eigenvalue weighted by atomic mass is 10.2. The Labute approximate surface area is 110 Å². The van der Waals surface area contributed by atoms with Gasteiger partial charge in [-0.05, 0) is 17.7 Å². The number of methoxy groups -OCH3 is 1. The van der Waals surface area contributed by atoms with E-state index in [-0.39, 0.29) is 6.79 Å². The van der Waals surface area contributed by atoms with Gasteiger partial charge in [0.25, 0.3) is 0 Å². The van der Waals surface area contributed by atoms with Crippen molar-refractivity contribution in [3.63, 3.8) is 0 Å². The summed E-state index contributed by atoms with van der Waals surface area (Å²) in [5.41, 5.74) is 1.08. The zero-order valence-electron chi connectivity index (χ0n) is 10.6. The highest BCUT2D eigenvalue weighted by atomic mass is 16.7. The van der Waals surface area contributed by atoms with Crippen molar-refractivity contribution < 1.29 is 14.2 Å². The van der Waals surface area contributed by atoms with E-state index in [4.69, 9.17) is 14.2 Å². The van der Waals surface area contributed by atoms with Crippen LogP contribution in [0.5, 0.6) is 17.2 Å². The highest BCUT2D eigenvalue weighted by Gasteiger charge is 2.19. The molecule has 0 radical (unpaired) electrons. The second-order valence-electron chi connectivity index (χ2n) is 4.17. The van der Waals surface area contributed by atoms with E-state index in [0.717, 1.165) is 17.1 Å². The average molecular weight is 261 g/mol. The molecule has 0 spiro atoms. The molecule has 0 atom stereocenters. The molecule has 0 saturated heterocycles. The first kappa shape index (κ1) is 11.9. The quantitative estimate of drug-likeness (QED) is 0.852. The van der Waals surface area contributed by atoms with Gasteiger partial charge in [-0.2, -0.15) is 0 Å². The molecule has 2 heterocycles. The van der Waals surface area contributed by atoms with Gasteiger partial charge in [0, 0.05) is 18.9 Å². The number of nitrogens with one attached hydrogen (secondary N) is 2. The van der Waals surface area contributed by atoms with Crippen molar-refractivity contribution in [1.82, 2.24) is 15.3 Å². The van der Waals surface area contributed by atoms with Crippen LogP contribution in [-0.4, -0.2) is 23.9 Å². The fraction of sp³-hybridized carbons (Fsp3) is 0.308. The number of benzene rings is 1. The highest BCUT2D eigenvalue weighted by Crippen LogP contribution is 2.41. The SMILES string of the molecule is COc1cc(CNCc2ncc[nH]2)cc2c1OCO2. The maximum Gasteiger partial charge on any atom is 0.231 e. The van der Waals surface area contributed by atoms with Gasteiger partial charge in [0.05, 0.1) is 13.7 Å². The number of aromatic nitrogens is 2. The standard InChI is InChI=1S/C13H15N3O3/c1-17-10-4-9(5-11-13(10)19-8-18-11)6-14-7-12-15-2-3-16-12/h2-5,14H,6-8H2,1H3,(H,15,16). The number of imidazole rings is 1. The van der Waals surface area contributed by atoms with Crippen molar-refractivity contribution >= 4 is 0 Å². The third kappa shape index (κ3) is 2.48. The molecule has 0 aliphatic carbocycles. The number of hydrogen-bond acceptors (Lipinski definition) is 5. The Kier molecular flexibility index (Phi) is 3.24. The van der Waals surface area contributed by atoms with E-state index in [2.05, 4.69) is 15.3 Å². The molecule has 100 valence electrons. The van der Waals surface area contributed by atoms with E-state index < -0.39 is 0 Å². The van der Waals surface area contributed by atoms with Crippen molar-refractivity contribution in [3.8, 4) is 17.2 Å². The number of aromatic amines is 1. The summed E-state index contributed by atoms with van der Waals surface area (Å²) in [6, 6.07) is 3.91. The molecule has 1 aromatic carbocycles. The lowest BCUT2D eigenvalue weighted by Gasteiger charge is -2.08. The first-order chi connectivity index (χ1) is 9.36. The van der Waals surface area contributed by atoms with Crippen molar-refractivity contribution in [1.29, 1.82) is 0 Å². The summed E-state index contributed by atoms with van der Waals surface area (Å²) in [5.74, 6) is 3.02. The normalized spacial score (nSPS) is 12.7. The molecule has 0 bridgehead atoms. The van der Waals surface area contributed by atoms with Gasteiger partial charge in [-0.15, -0.1) is 0 Å². The van der Waals surface area contributed by atoms with Crippen LogP contribution in [0.25, 0.3) is 0 Å². The molecule has 3 rings (SSSR count). The third-order valence-electron chi connectivity index (χ3n) is 2.89. The molecular formula is C13H15N3O3. The number of fused-ring (bicyclic) bond motifs is 1. The van der Waals surface area contributed by atoms with E-state index in [1.54, 1.807) is 19.5 Å². The van der Waals surface area contributed by atoms with Crippen molar-refractivity contribution in [2.24, 2.45) is 0 Å². The van der Waals surface area contributed by atoms with Crippen LogP contribution in [0.2, 0.25) is 0 Å². The highest BCUT2D eigenvalue weighted by molar-refractivity contribution is 5.55. The van der Waals surface area contributed by atoms with Crippen LogP contribution in [0.1, 0.15) is 11.4 Å². The molecule has 1 aliphatic rings. The van der Waals surface area contributed by atoms with Crippen LogP contribution in [0.3, 0.4) is 0 Å². The summed E-state index contributed by atoms with van der Waals surface area (Å²) in [5, 5.41) is 3.30. The van der Waals surface area contributed by atoms with Crippen LogP contribution in [-0.2, 0) is 13.1 Å². The van der Waals surface area contributed by atoms with Crippen LogP contribution in [0.4, 0.5) is 0 Å². The van der Waals surface area contributed by atoms with E-state index >= 15 is 0 Å². The van der Waals surface area contributed by atoms with E-state index in [1.807, 2.05) is 12.1 Å². The summed E-state index contributed by atoms with van der Waals surface area (Å²) < 4.78 is 16.0. The molecule has 2 N–H and O–H groups in total. The molecular weight excluding hydrogens is 246 g/mol. The Hall–Kier alpha value is -2.21. The minimum Gasteiger partial charge on any atom is -0.493 e. The Bertz CT molecular complexity index is 555. The minimum atomic E-state index is 0.245. The summed E-state index contributed by atoms with van der Waals surface area (Å²) >= 11 is 0. The second-order valence-corrected chi connectivity index (χ2v) is 4.17. The molecule has 0 unspecified atom stereocenters. The first-order valence-corrected chi connectivity index (χ1v) is 6.02. The van der Waals surface area contributed by atoms with Gasteiger partial charge >= 0.3 is 0 Å². The molecule has 0 amide bonds. The molecule has 0 fully saturated rings. The maximum absolute atomic E-state index is 5.39. The lowest BCUT2D eigenvalue weighted by molar-refractivity contribution is 0.171. The van der Waals surface area contributed by atoms with Crippen LogP contribution < -0.4 is 19.5 Å². The molecule has 2 aromatic rings. The number of nitrogens with zero attached hydrogens (tertiary/aromatic N) is 1. The zero-order valence-corrected chi connectivity index (χ0v) is 10.6. The summed E-state index contributed by atoms with van der Waals surface area (Å²) in [6.07, 6.45) is 3.54. The van der Waals surface area contributed by atoms with Crippen LogP contribution in [0.15, 0.2) is 24.5 Å². The van der Waals surface area contributed by atoms with Gasteiger partial charge in [0.2, 0.25) is 12.5 Å². The van der Waals surface area contributed by atoms with Gasteiger partial charge in [-0.3, -0.25) is 0 Å². The summed E-state index contributed by atoms with van der Waals surface area (Å²) in [7, 11) is 1.62. The fourth-order valence-electron chi connectivity index (χ4n) is 2.01. The number of ether oxygens (including phenoxy) is 3. The van der Waals surface area contributed by atoms with E-state index in [1.165, 1.54) is 0 Å². The largest absolute Gasteiger partial charge is 0.493 e. The fourth-order valence-corrected chi connectivity index (χ4v) is 2.01. The smallest absolute Gasteiger partial charge is 0.231 e. The van der Waals surface area contributed by atoms with Crippen LogP contribution >= 0.6 is 0 Å². The number of hydrogen-bond donors (Lipinski definition) is 2. The second kappa shape index (κ2) is 5.19. The average Bonchev–Trinajstić information content (AvgIpc) is 3.08. The minimum absolute atomic E-state index is 0.245. The van der Waals surface area contributed by atoms with Gasteiger partial charge in [-0.1, -0.05) is 0 Å². The molecule has 1 aliphatic heterocycles. The molecule has 1 aromatic heterocycles. The maximum atomic E-state index is 5.39. The van der Waals surface area contributed by atoms with Crippen molar-refractivity contribution in [2.45, 2.75) is 13.1 Å². The summed E-state index contributed by atoms with van der Waals surface area (Å²) in [4.78, 5) is 7.20. The first-order valence-electron chi connectivity index (χ1n) is 6.02. The Balaban J connectivity index is 1.68. The van der Waals surface area contributed by atoms with Gasteiger partial charge in [0.15, 0.2) is 11.5 Å². The third-order valence-corrected chi connectivity index (χ3v) is 2.89. The zero-order chi connectivity index (χ0) is 13.1. The number of rotatable bonds is 5. The van der Waals surface area contributed by atoms with Crippen LogP contribution in [0, 0.1) is 0 Å². The van der Waals surface area contributed by atoms with E-state index in [9.17, 15) is 0 Å². The van der Waals surface area contributed by atoms with Crippen molar-refractivity contribution in [2.75, 3.05) is 13.9 Å². The Morgan fingerprint density at radius 1 is 1.37 bits per heavy atom. The van der Waals surface area contributed by atoms with Gasteiger partial charge < -0.3 is 24.5 Å². The molecule has 0 saturated carbocycles. The predicted octanol–water partition coefficient (Wildman–Crippen LogP) is 1.44. The lowest BCUT2D eigenvalue weighted by Crippen LogP contribution is -2.13. The Morgan fingerprint density at radius 3 is 3.11 bits per heavy atom. The topological polar surface area (TPSA) is 68.4 Å². The van der Waals surface area contributed by atoms with Gasteiger partial charge in [0.1, 0.15) is 5.82 Å². The summed E-state index contributed by atoms with van der Waals surface area (Å²) in [6.45, 7) is 1.63. The van der Waals surface area contributed by atoms with E-state index in [0.29, 0.717) is 24.6 Å². The predicted molar refractivity (Wildman–Crippen MR) is 68.2 cm³/mol.